The fraction of sp³-hybridized carbons (Fsp3) is 0.945. The first kappa shape index (κ1) is 62.4. The van der Waals surface area contributed by atoms with Gasteiger partial charge in [0.2, 0.25) is 0 Å². The summed E-state index contributed by atoms with van der Waals surface area (Å²) >= 11 is 0. The first-order valence-electron chi connectivity index (χ1n) is 28.2. The number of carbonyl (C=O) groups is 1. The van der Waals surface area contributed by atoms with Crippen LogP contribution < -0.4 is 0 Å². The van der Waals surface area contributed by atoms with Crippen molar-refractivity contribution in [3.05, 3.63) is 11.6 Å². The molecule has 23 heteroatoms. The molecule has 8 aliphatic rings. The predicted molar refractivity (Wildman–Crippen MR) is 270 cm³/mol. The fourth-order valence-corrected chi connectivity index (χ4v) is 16.2. The summed E-state index contributed by atoms with van der Waals surface area (Å²) in [7, 11) is 0. The zero-order valence-electron chi connectivity index (χ0n) is 46.6. The highest BCUT2D eigenvalue weighted by Crippen LogP contribution is 2.76. The molecule has 4 saturated carbocycles. The average Bonchev–Trinajstić information content (AvgIpc) is 3.97. The van der Waals surface area contributed by atoms with E-state index in [-0.39, 0.29) is 34.5 Å². The lowest BCUT2D eigenvalue weighted by atomic mass is 9.35. The summed E-state index contributed by atoms with van der Waals surface area (Å²) in [4.78, 5) is 11.6. The van der Waals surface area contributed by atoms with Crippen LogP contribution in [0.1, 0.15) is 120 Å². The van der Waals surface area contributed by atoms with Crippen LogP contribution >= 0.6 is 0 Å². The highest BCUT2D eigenvalue weighted by molar-refractivity contribution is 5.65. The highest BCUT2D eigenvalue weighted by atomic mass is 16.8. The summed E-state index contributed by atoms with van der Waals surface area (Å²) in [6.45, 7) is 16.2. The second kappa shape index (κ2) is 23.8. The van der Waals surface area contributed by atoms with E-state index in [9.17, 15) is 71.2 Å². The van der Waals surface area contributed by atoms with Crippen molar-refractivity contribution >= 4 is 5.97 Å². The van der Waals surface area contributed by atoms with Gasteiger partial charge < -0.3 is 109 Å². The molecule has 8 fully saturated rings. The Labute approximate surface area is 456 Å². The Morgan fingerprint density at radius 2 is 1.13 bits per heavy atom. The molecule has 0 unspecified atom stereocenters. The molecule has 0 aromatic heterocycles. The first-order valence-corrected chi connectivity index (χ1v) is 28.2. The molecule has 0 aromatic carbocycles. The van der Waals surface area contributed by atoms with Crippen molar-refractivity contribution in [2.75, 3.05) is 26.4 Å². The molecule has 4 heterocycles. The molecule has 450 valence electrons. The van der Waals surface area contributed by atoms with Crippen LogP contribution in [-0.2, 0) is 47.4 Å². The van der Waals surface area contributed by atoms with Crippen molar-refractivity contribution in [3.8, 4) is 0 Å². The molecule has 4 aliphatic carbocycles. The molecule has 8 rings (SSSR count). The standard InChI is InChI=1S/C55H92O23/c1-24(2)11-10-15-55(9,78-49-45(69)41(65)39(63)31(75-49)23-71-47-43(67)37(61)29(21-57)72-47)26-12-17-54(8)35(26)27(59)19-33-52(6)16-14-34(51(4,5)32(52)13-18-53(33,54)7)76-50-46(42(66)36(60)28(20-56)73-50)77-48-44(68)40(64)38(62)30(74-48)22-70-25(3)58/h11,26-50,56-57,59-69H,10,12-23H2,1-9H3/t26-,27+,28+,29-,30+,31+,32-,33+,34-,35-,36+,37-,38+,39+,40-,41-,42-,43+,44+,45+,46+,47+,48-,49-,50-,52-,53+,54+,55-/m0/s1. The van der Waals surface area contributed by atoms with E-state index >= 15 is 0 Å². The highest BCUT2D eigenvalue weighted by Gasteiger charge is 2.72. The SMILES string of the molecule is CC(=O)OC[C@H]1O[C@@H](O[C@H]2[C@H](O[C@H]3CC[C@]4(C)[C@H]5C[C@@H](O)[C@@H]6[C@@H]([C@](C)(CCC=C(C)C)O[C@@H]7O[C@H](CO[C@@H]8O[C@@H](CO)[C@H](O)[C@H]8O)[C@@H](O)[C@H](O)[C@H]7O)CC[C@@]6(C)[C@]5(C)CC[C@H]4C3(C)C)O[C@H](CO)[C@@H](O)[C@@H]2O)[C@H](O)[C@@H](O)[C@@H]1O. The van der Waals surface area contributed by atoms with Crippen LogP contribution in [-0.4, -0.2) is 233 Å². The van der Waals surface area contributed by atoms with Gasteiger partial charge in [0.15, 0.2) is 25.2 Å². The minimum absolute atomic E-state index is 0.0339. The normalized spacial score (nSPS) is 50.9. The van der Waals surface area contributed by atoms with Crippen LogP contribution in [0.25, 0.3) is 0 Å². The van der Waals surface area contributed by atoms with Gasteiger partial charge in [0.05, 0.1) is 37.6 Å². The monoisotopic (exact) mass is 1120 g/mol. The van der Waals surface area contributed by atoms with E-state index in [1.807, 2.05) is 20.8 Å². The lowest BCUT2D eigenvalue weighted by Gasteiger charge is -2.71. The number of esters is 1. The van der Waals surface area contributed by atoms with E-state index < -0.39 is 178 Å². The molecule has 4 aliphatic heterocycles. The van der Waals surface area contributed by atoms with Gasteiger partial charge in [-0.1, -0.05) is 46.3 Å². The number of aliphatic hydroxyl groups is 13. The Kier molecular flexibility index (Phi) is 19.0. The molecule has 29 atom stereocenters. The van der Waals surface area contributed by atoms with Crippen molar-refractivity contribution < 1.29 is 114 Å². The lowest BCUT2D eigenvalue weighted by Crippen LogP contribution is -2.68. The maximum absolute atomic E-state index is 12.9. The molecule has 13 N–H and O–H groups in total. The van der Waals surface area contributed by atoms with Gasteiger partial charge in [-0.25, -0.2) is 0 Å². The molecular formula is C55H92O23. The van der Waals surface area contributed by atoms with Gasteiger partial charge in [-0.3, -0.25) is 4.79 Å². The van der Waals surface area contributed by atoms with Crippen LogP contribution in [0.15, 0.2) is 11.6 Å². The summed E-state index contributed by atoms with van der Waals surface area (Å²) < 4.78 is 54.2. The minimum atomic E-state index is -1.85. The molecule has 0 amide bonds. The molecular weight excluding hydrogens is 1030 g/mol. The van der Waals surface area contributed by atoms with Gasteiger partial charge >= 0.3 is 5.97 Å². The summed E-state index contributed by atoms with van der Waals surface area (Å²) in [6.07, 6.45) is -22.6. The van der Waals surface area contributed by atoms with Crippen molar-refractivity contribution in [1.29, 1.82) is 0 Å². The predicted octanol–water partition coefficient (Wildman–Crippen LogP) is -0.993. The maximum atomic E-state index is 12.9. The van der Waals surface area contributed by atoms with E-state index in [0.717, 1.165) is 31.8 Å². The van der Waals surface area contributed by atoms with Gasteiger partial charge in [-0.15, -0.1) is 0 Å². The zero-order valence-corrected chi connectivity index (χ0v) is 46.6. The second-order valence-corrected chi connectivity index (χ2v) is 25.9. The Bertz CT molecular complexity index is 2060. The molecule has 4 saturated heterocycles. The van der Waals surface area contributed by atoms with E-state index in [4.69, 9.17) is 42.6 Å². The van der Waals surface area contributed by atoms with Gasteiger partial charge in [0, 0.05) is 6.92 Å². The van der Waals surface area contributed by atoms with Crippen molar-refractivity contribution in [2.24, 2.45) is 45.3 Å². The number of aliphatic hydroxyl groups excluding tert-OH is 13. The van der Waals surface area contributed by atoms with Crippen molar-refractivity contribution in [1.82, 2.24) is 0 Å². The zero-order chi connectivity index (χ0) is 57.4. The molecule has 0 bridgehead atoms. The van der Waals surface area contributed by atoms with E-state index in [0.29, 0.717) is 38.5 Å². The smallest absolute Gasteiger partial charge is 0.302 e. The Hall–Kier alpha value is -1.63. The number of carbonyl (C=O) groups excluding carboxylic acids is 1. The summed E-state index contributed by atoms with van der Waals surface area (Å²) in [6, 6.07) is 0. The fourth-order valence-electron chi connectivity index (χ4n) is 16.2. The van der Waals surface area contributed by atoms with Crippen LogP contribution in [0.4, 0.5) is 0 Å². The Morgan fingerprint density at radius 3 is 1.74 bits per heavy atom. The third-order valence-electron chi connectivity index (χ3n) is 20.8. The van der Waals surface area contributed by atoms with Crippen LogP contribution in [0.2, 0.25) is 0 Å². The largest absolute Gasteiger partial charge is 0.463 e. The number of allylic oxidation sites excluding steroid dienone is 2. The van der Waals surface area contributed by atoms with E-state index in [1.165, 1.54) is 0 Å². The lowest BCUT2D eigenvalue weighted by molar-refractivity contribution is -0.378. The molecule has 23 nitrogen and oxygen atoms in total. The number of hydrogen-bond donors (Lipinski definition) is 13. The number of hydrogen-bond acceptors (Lipinski definition) is 23. The van der Waals surface area contributed by atoms with E-state index in [2.05, 4.69) is 40.7 Å². The van der Waals surface area contributed by atoms with Crippen molar-refractivity contribution in [2.45, 2.75) is 255 Å². The maximum Gasteiger partial charge on any atom is 0.302 e. The van der Waals surface area contributed by atoms with Gasteiger partial charge in [-0.05, 0) is 124 Å². The molecule has 0 aromatic rings. The quantitative estimate of drug-likeness (QED) is 0.0472. The Morgan fingerprint density at radius 1 is 0.590 bits per heavy atom. The molecule has 0 spiro atoms. The van der Waals surface area contributed by atoms with Crippen LogP contribution in [0.3, 0.4) is 0 Å². The van der Waals surface area contributed by atoms with E-state index in [1.54, 1.807) is 0 Å². The number of fused-ring (bicyclic) bond motifs is 5. The summed E-state index contributed by atoms with van der Waals surface area (Å²) in [5.74, 6) is -1.12. The first-order chi connectivity index (χ1) is 36.5. The van der Waals surface area contributed by atoms with Crippen LogP contribution in [0, 0.1) is 45.3 Å². The average molecular weight is 1120 g/mol. The van der Waals surface area contributed by atoms with Gasteiger partial charge in [-0.2, -0.15) is 0 Å². The topological polar surface area (TPSA) is 363 Å². The Balaban J connectivity index is 1.01. The number of rotatable bonds is 17. The minimum Gasteiger partial charge on any atom is -0.463 e. The van der Waals surface area contributed by atoms with Gasteiger partial charge in [0.25, 0.3) is 0 Å². The van der Waals surface area contributed by atoms with Crippen LogP contribution in [0.5, 0.6) is 0 Å². The summed E-state index contributed by atoms with van der Waals surface area (Å²) in [5, 5.41) is 142. The summed E-state index contributed by atoms with van der Waals surface area (Å²) in [5.41, 5.74) is -1.55. The third kappa shape index (κ3) is 11.2. The molecule has 0 radical (unpaired) electrons. The second-order valence-electron chi connectivity index (χ2n) is 25.9. The van der Waals surface area contributed by atoms with Gasteiger partial charge in [0.1, 0.15) is 98.2 Å². The third-order valence-corrected chi connectivity index (χ3v) is 20.8. The van der Waals surface area contributed by atoms with Crippen molar-refractivity contribution in [3.63, 3.8) is 0 Å². The number of ether oxygens (including phenoxy) is 9. The molecule has 78 heavy (non-hydrogen) atoms.